The van der Waals surface area contributed by atoms with Crippen molar-refractivity contribution < 1.29 is 28.2 Å². The van der Waals surface area contributed by atoms with Crippen LogP contribution in [0, 0.1) is 17.2 Å². The Bertz CT molecular complexity index is 633. The van der Waals surface area contributed by atoms with E-state index in [1.165, 1.54) is 12.1 Å². The van der Waals surface area contributed by atoms with Gasteiger partial charge in [-0.2, -0.15) is 0 Å². The minimum atomic E-state index is -1.68. The molecule has 0 amide bonds. The van der Waals surface area contributed by atoms with Gasteiger partial charge in [-0.05, 0) is 44.2 Å². The second-order valence-corrected chi connectivity index (χ2v) is 7.39. The van der Waals surface area contributed by atoms with Crippen molar-refractivity contribution in [3.8, 4) is 0 Å². The largest absolute Gasteiger partial charge is 0.465 e. The Morgan fingerprint density at radius 3 is 2.04 bits per heavy atom. The van der Waals surface area contributed by atoms with Crippen molar-refractivity contribution in [3.63, 3.8) is 0 Å². The van der Waals surface area contributed by atoms with Crippen molar-refractivity contribution in [1.29, 1.82) is 0 Å². The van der Waals surface area contributed by atoms with Gasteiger partial charge in [0.1, 0.15) is 5.82 Å². The van der Waals surface area contributed by atoms with E-state index < -0.39 is 35.4 Å². The summed E-state index contributed by atoms with van der Waals surface area (Å²) < 4.78 is 23.1. The molecular weight excluding hydrogens is 353 g/mol. The number of rotatable bonds is 9. The summed E-state index contributed by atoms with van der Waals surface area (Å²) in [4.78, 5) is 41.7. The molecule has 1 aromatic rings. The van der Waals surface area contributed by atoms with Crippen LogP contribution in [0.25, 0.3) is 0 Å². The lowest BCUT2D eigenvalue weighted by atomic mass is 9.81. The average molecular weight is 381 g/mol. The van der Waals surface area contributed by atoms with E-state index in [0.29, 0.717) is 18.5 Å². The van der Waals surface area contributed by atoms with Crippen molar-refractivity contribution in [3.05, 3.63) is 29.8 Å². The second kappa shape index (κ2) is 10.1. The van der Waals surface area contributed by atoms with Crippen molar-refractivity contribution in [1.82, 2.24) is 4.98 Å². The van der Waals surface area contributed by atoms with Crippen molar-refractivity contribution >= 4 is 17.7 Å². The summed E-state index contributed by atoms with van der Waals surface area (Å²) in [6.45, 7) is 9.28. The lowest BCUT2D eigenvalue weighted by Crippen LogP contribution is -2.38. The number of hydrogen-bond acceptors (Lipinski definition) is 6. The van der Waals surface area contributed by atoms with Crippen molar-refractivity contribution in [2.24, 2.45) is 11.3 Å². The van der Waals surface area contributed by atoms with E-state index in [9.17, 15) is 18.8 Å². The quantitative estimate of drug-likeness (QED) is 0.481. The molecule has 1 heterocycles. The van der Waals surface area contributed by atoms with Crippen molar-refractivity contribution in [2.45, 2.75) is 53.4 Å². The highest BCUT2D eigenvalue weighted by Crippen LogP contribution is 2.31. The Kier molecular flexibility index (Phi) is 8.53. The second-order valence-electron chi connectivity index (χ2n) is 7.39. The van der Waals surface area contributed by atoms with E-state index in [-0.39, 0.29) is 18.6 Å². The van der Waals surface area contributed by atoms with E-state index >= 15 is 0 Å². The van der Waals surface area contributed by atoms with Crippen LogP contribution in [0.1, 0.15) is 59.1 Å². The fourth-order valence-corrected chi connectivity index (χ4v) is 2.59. The van der Waals surface area contributed by atoms with Gasteiger partial charge in [0, 0.05) is 0 Å². The molecule has 0 radical (unpaired) electrons. The smallest absolute Gasteiger partial charge is 0.328 e. The van der Waals surface area contributed by atoms with Gasteiger partial charge in [0.15, 0.2) is 5.78 Å². The third-order valence-corrected chi connectivity index (χ3v) is 3.96. The highest BCUT2D eigenvalue weighted by atomic mass is 19.1. The molecule has 1 rings (SSSR count). The molecule has 0 bridgehead atoms. The minimum Gasteiger partial charge on any atom is -0.465 e. The SMILES string of the molecule is CCOC(=O)C(C(=O)OCC)C(=O)C(CCC(C)(C)C)c1ccc(F)cn1. The van der Waals surface area contributed by atoms with E-state index in [2.05, 4.69) is 4.98 Å². The van der Waals surface area contributed by atoms with Gasteiger partial charge < -0.3 is 9.47 Å². The van der Waals surface area contributed by atoms with Gasteiger partial charge in [0.25, 0.3) is 0 Å². The number of halogens is 1. The van der Waals surface area contributed by atoms with Gasteiger partial charge in [0.05, 0.1) is 31.0 Å². The Morgan fingerprint density at radius 2 is 1.63 bits per heavy atom. The lowest BCUT2D eigenvalue weighted by Gasteiger charge is -2.24. The van der Waals surface area contributed by atoms with E-state index in [0.717, 1.165) is 6.20 Å². The molecule has 0 spiro atoms. The minimum absolute atomic E-state index is 0.0312. The zero-order valence-electron chi connectivity index (χ0n) is 16.6. The number of Topliss-reactive ketones (excluding diaryl/α,β-unsaturated/α-hetero) is 1. The first kappa shape index (κ1) is 22.7. The Hall–Kier alpha value is -2.31. The lowest BCUT2D eigenvalue weighted by molar-refractivity contribution is -0.164. The Labute approximate surface area is 159 Å². The summed E-state index contributed by atoms with van der Waals surface area (Å²) in [5.41, 5.74) is 0.228. The fraction of sp³-hybridized carbons (Fsp3) is 0.600. The summed E-state index contributed by atoms with van der Waals surface area (Å²) in [5, 5.41) is 0. The number of ketones is 1. The molecule has 0 saturated carbocycles. The molecule has 1 atom stereocenters. The van der Waals surface area contributed by atoms with Crippen LogP contribution in [0.5, 0.6) is 0 Å². The third-order valence-electron chi connectivity index (χ3n) is 3.96. The molecular formula is C20H28FNO5. The number of esters is 2. The summed E-state index contributed by atoms with van der Waals surface area (Å²) in [5.74, 6) is -5.58. The molecule has 1 aromatic heterocycles. The highest BCUT2D eigenvalue weighted by molar-refractivity contribution is 6.16. The summed E-state index contributed by atoms with van der Waals surface area (Å²) in [6.07, 6.45) is 2.01. The molecule has 1 unspecified atom stereocenters. The number of nitrogens with zero attached hydrogens (tertiary/aromatic N) is 1. The van der Waals surface area contributed by atoms with Crippen LogP contribution >= 0.6 is 0 Å². The van der Waals surface area contributed by atoms with E-state index in [1.807, 2.05) is 20.8 Å². The maximum Gasteiger partial charge on any atom is 0.328 e. The maximum absolute atomic E-state index is 13.2. The zero-order chi connectivity index (χ0) is 20.6. The molecule has 0 aromatic carbocycles. The van der Waals surface area contributed by atoms with Crippen LogP contribution in [-0.2, 0) is 23.9 Å². The van der Waals surface area contributed by atoms with Crippen LogP contribution in [0.2, 0.25) is 0 Å². The number of aromatic nitrogens is 1. The average Bonchev–Trinajstić information content (AvgIpc) is 2.56. The zero-order valence-corrected chi connectivity index (χ0v) is 16.6. The molecule has 7 heteroatoms. The van der Waals surface area contributed by atoms with E-state index in [1.54, 1.807) is 13.8 Å². The molecule has 150 valence electrons. The van der Waals surface area contributed by atoms with Gasteiger partial charge in [-0.3, -0.25) is 19.4 Å². The number of pyridine rings is 1. The number of carbonyl (C=O) groups is 3. The summed E-state index contributed by atoms with van der Waals surface area (Å²) in [7, 11) is 0. The number of carbonyl (C=O) groups excluding carboxylic acids is 3. The van der Waals surface area contributed by atoms with Crippen LogP contribution in [0.4, 0.5) is 4.39 Å². The standard InChI is InChI=1S/C20H28FNO5/c1-6-26-18(24)16(19(25)27-7-2)17(23)14(10-11-20(3,4)5)15-9-8-13(21)12-22-15/h8-9,12,14,16H,6-7,10-11H2,1-5H3. The van der Waals surface area contributed by atoms with Crippen LogP contribution in [-0.4, -0.2) is 35.9 Å². The topological polar surface area (TPSA) is 82.6 Å². The van der Waals surface area contributed by atoms with Crippen molar-refractivity contribution in [2.75, 3.05) is 13.2 Å². The maximum atomic E-state index is 13.2. The molecule has 27 heavy (non-hydrogen) atoms. The van der Waals surface area contributed by atoms with Gasteiger partial charge >= 0.3 is 11.9 Å². The normalized spacial score (nSPS) is 12.6. The van der Waals surface area contributed by atoms with E-state index in [4.69, 9.17) is 9.47 Å². The Morgan fingerprint density at radius 1 is 1.07 bits per heavy atom. The first-order valence-corrected chi connectivity index (χ1v) is 9.09. The third kappa shape index (κ3) is 7.07. The monoisotopic (exact) mass is 381 g/mol. The van der Waals surface area contributed by atoms with Crippen LogP contribution < -0.4 is 0 Å². The summed E-state index contributed by atoms with van der Waals surface area (Å²) in [6, 6.07) is 2.59. The number of hydrogen-bond donors (Lipinski definition) is 0. The predicted octanol–water partition coefficient (Wildman–Crippen LogP) is 3.44. The highest BCUT2D eigenvalue weighted by Gasteiger charge is 2.41. The molecule has 0 aliphatic carbocycles. The van der Waals surface area contributed by atoms with Gasteiger partial charge in [0.2, 0.25) is 5.92 Å². The Balaban J connectivity index is 3.24. The van der Waals surface area contributed by atoms with Crippen LogP contribution in [0.3, 0.4) is 0 Å². The molecule has 0 fully saturated rings. The molecule has 0 aliphatic heterocycles. The molecule has 6 nitrogen and oxygen atoms in total. The molecule has 0 saturated heterocycles. The first-order chi connectivity index (χ1) is 12.6. The van der Waals surface area contributed by atoms with Gasteiger partial charge in [-0.15, -0.1) is 0 Å². The first-order valence-electron chi connectivity index (χ1n) is 9.09. The van der Waals surface area contributed by atoms with Crippen LogP contribution in [0.15, 0.2) is 18.3 Å². The van der Waals surface area contributed by atoms with Gasteiger partial charge in [-0.25, -0.2) is 4.39 Å². The number of ether oxygens (including phenoxy) is 2. The van der Waals surface area contributed by atoms with Gasteiger partial charge in [-0.1, -0.05) is 20.8 Å². The summed E-state index contributed by atoms with van der Waals surface area (Å²) >= 11 is 0. The predicted molar refractivity (Wildman–Crippen MR) is 97.4 cm³/mol. The molecule has 0 N–H and O–H groups in total. The fourth-order valence-electron chi connectivity index (χ4n) is 2.59. The molecule has 0 aliphatic rings.